The number of carboxylic acids is 1. The molecule has 3 aromatic carbocycles. The molecule has 0 radical (unpaired) electrons. The predicted octanol–water partition coefficient (Wildman–Crippen LogP) is 5.33. The molecule has 7 nitrogen and oxygen atoms in total. The first-order chi connectivity index (χ1) is 14.6. The summed E-state index contributed by atoms with van der Waals surface area (Å²) in [5, 5.41) is 18.9. The summed E-state index contributed by atoms with van der Waals surface area (Å²) in [5.74, 6) is -0.170. The third kappa shape index (κ3) is 5.35. The van der Waals surface area contributed by atoms with Crippen LogP contribution in [0.2, 0.25) is 0 Å². The molecule has 0 heterocycles. The van der Waals surface area contributed by atoms with Gasteiger partial charge in [0, 0.05) is 6.54 Å². The topological polar surface area (TPSA) is 100 Å². The number of nitrogens with one attached hydrogen (secondary N) is 2. The number of nitroso groups, excluding NO2 is 1. The molecule has 1 unspecified atom stereocenters. The summed E-state index contributed by atoms with van der Waals surface area (Å²) in [6, 6.07) is 21.6. The Labute approximate surface area is 174 Å². The van der Waals surface area contributed by atoms with Gasteiger partial charge in [0.25, 0.3) is 0 Å². The van der Waals surface area contributed by atoms with Crippen molar-refractivity contribution in [2.24, 2.45) is 5.18 Å². The zero-order valence-electron chi connectivity index (χ0n) is 16.5. The third-order valence-corrected chi connectivity index (χ3v) is 4.68. The SMILES string of the molecule is COc1ccc(CNc2cccc(NC(CC(=O)O)c3ccccc3)c2N=O)cc1. The summed E-state index contributed by atoms with van der Waals surface area (Å²) in [5.41, 5.74) is 3.07. The Hall–Kier alpha value is -3.87. The van der Waals surface area contributed by atoms with E-state index in [1.165, 1.54) is 0 Å². The van der Waals surface area contributed by atoms with Gasteiger partial charge in [-0.2, -0.15) is 0 Å². The Morgan fingerprint density at radius 1 is 1.00 bits per heavy atom. The Bertz CT molecular complexity index is 991. The number of hydrogen-bond acceptors (Lipinski definition) is 6. The standard InChI is InChI=1S/C23H23N3O4/c1-30-18-12-10-16(11-13-18)15-24-19-8-5-9-20(23(19)26-29)25-21(14-22(27)28)17-6-3-2-4-7-17/h2-13,21,24-25H,14-15H2,1H3,(H,27,28). The number of ether oxygens (including phenoxy) is 1. The van der Waals surface area contributed by atoms with Crippen LogP contribution in [0.15, 0.2) is 78.0 Å². The lowest BCUT2D eigenvalue weighted by molar-refractivity contribution is -0.137. The summed E-state index contributed by atoms with van der Waals surface area (Å²) in [7, 11) is 1.61. The van der Waals surface area contributed by atoms with Crippen LogP contribution in [0.4, 0.5) is 17.1 Å². The van der Waals surface area contributed by atoms with Crippen LogP contribution >= 0.6 is 0 Å². The molecular weight excluding hydrogens is 382 g/mol. The second kappa shape index (κ2) is 10.1. The lowest BCUT2D eigenvalue weighted by atomic mass is 10.0. The van der Waals surface area contributed by atoms with Crippen molar-refractivity contribution in [3.63, 3.8) is 0 Å². The minimum absolute atomic E-state index is 0.133. The van der Waals surface area contributed by atoms with Gasteiger partial charge in [-0.25, -0.2) is 0 Å². The minimum atomic E-state index is -0.939. The van der Waals surface area contributed by atoms with E-state index in [0.29, 0.717) is 17.9 Å². The number of hydrogen-bond donors (Lipinski definition) is 3. The van der Waals surface area contributed by atoms with Crippen molar-refractivity contribution in [3.8, 4) is 5.75 Å². The Morgan fingerprint density at radius 2 is 1.70 bits per heavy atom. The first kappa shape index (κ1) is 20.9. The first-order valence-corrected chi connectivity index (χ1v) is 9.47. The van der Waals surface area contributed by atoms with Crippen molar-refractivity contribution >= 4 is 23.0 Å². The van der Waals surface area contributed by atoms with Gasteiger partial charge in [0.1, 0.15) is 5.75 Å². The van der Waals surface area contributed by atoms with E-state index in [9.17, 15) is 14.8 Å². The molecule has 0 amide bonds. The van der Waals surface area contributed by atoms with Crippen LogP contribution in [0.5, 0.6) is 5.75 Å². The van der Waals surface area contributed by atoms with E-state index in [2.05, 4.69) is 15.8 Å². The molecule has 30 heavy (non-hydrogen) atoms. The summed E-state index contributed by atoms with van der Waals surface area (Å²) in [6.45, 7) is 0.493. The summed E-state index contributed by atoms with van der Waals surface area (Å²) < 4.78 is 5.16. The zero-order valence-corrected chi connectivity index (χ0v) is 16.5. The second-order valence-corrected chi connectivity index (χ2v) is 6.70. The zero-order chi connectivity index (χ0) is 21.3. The molecule has 1 atom stereocenters. The van der Waals surface area contributed by atoms with Crippen molar-refractivity contribution in [2.75, 3.05) is 17.7 Å². The lowest BCUT2D eigenvalue weighted by Gasteiger charge is -2.20. The molecule has 0 fully saturated rings. The molecule has 3 aromatic rings. The van der Waals surface area contributed by atoms with E-state index in [1.54, 1.807) is 25.3 Å². The fraction of sp³-hybridized carbons (Fsp3) is 0.174. The molecule has 154 valence electrons. The highest BCUT2D eigenvalue weighted by Crippen LogP contribution is 2.36. The van der Waals surface area contributed by atoms with Gasteiger partial charge in [-0.3, -0.25) is 4.79 Å². The van der Waals surface area contributed by atoms with Crippen LogP contribution in [0.1, 0.15) is 23.6 Å². The number of carboxylic acid groups (broad SMARTS) is 1. The fourth-order valence-electron chi connectivity index (χ4n) is 3.14. The maximum atomic E-state index is 11.6. The molecular formula is C23H23N3O4. The number of rotatable bonds is 10. The van der Waals surface area contributed by atoms with Gasteiger partial charge in [0.05, 0.1) is 30.9 Å². The van der Waals surface area contributed by atoms with Gasteiger partial charge < -0.3 is 20.5 Å². The molecule has 0 aliphatic heterocycles. The van der Waals surface area contributed by atoms with Gasteiger partial charge in [0.2, 0.25) is 0 Å². The van der Waals surface area contributed by atoms with E-state index in [4.69, 9.17) is 4.74 Å². The molecule has 0 aliphatic rings. The van der Waals surface area contributed by atoms with Crippen molar-refractivity contribution in [3.05, 3.63) is 88.8 Å². The van der Waals surface area contributed by atoms with Crippen LogP contribution in [-0.4, -0.2) is 18.2 Å². The molecule has 0 spiro atoms. The van der Waals surface area contributed by atoms with Crippen LogP contribution in [0.25, 0.3) is 0 Å². The Kier molecular flexibility index (Phi) is 7.00. The van der Waals surface area contributed by atoms with E-state index in [0.717, 1.165) is 16.9 Å². The first-order valence-electron chi connectivity index (χ1n) is 9.47. The number of anilines is 2. The second-order valence-electron chi connectivity index (χ2n) is 6.70. The average molecular weight is 405 g/mol. The highest BCUT2D eigenvalue weighted by Gasteiger charge is 2.18. The molecule has 0 aliphatic carbocycles. The van der Waals surface area contributed by atoms with Gasteiger partial charge in [-0.15, -0.1) is 4.91 Å². The van der Waals surface area contributed by atoms with Crippen molar-refractivity contribution in [2.45, 2.75) is 19.0 Å². The van der Waals surface area contributed by atoms with Gasteiger partial charge in [0.15, 0.2) is 5.69 Å². The number of benzene rings is 3. The Morgan fingerprint density at radius 3 is 2.33 bits per heavy atom. The van der Waals surface area contributed by atoms with Crippen LogP contribution in [0, 0.1) is 4.91 Å². The fourth-order valence-corrected chi connectivity index (χ4v) is 3.14. The number of methoxy groups -OCH3 is 1. The number of nitrogens with zero attached hydrogens (tertiary/aromatic N) is 1. The monoisotopic (exact) mass is 405 g/mol. The lowest BCUT2D eigenvalue weighted by Crippen LogP contribution is -2.15. The number of aliphatic carboxylic acids is 1. The third-order valence-electron chi connectivity index (χ3n) is 4.68. The largest absolute Gasteiger partial charge is 0.497 e. The van der Waals surface area contributed by atoms with E-state index >= 15 is 0 Å². The Balaban J connectivity index is 1.80. The molecule has 0 saturated carbocycles. The highest BCUT2D eigenvalue weighted by molar-refractivity contribution is 5.80. The molecule has 3 rings (SSSR count). The van der Waals surface area contributed by atoms with Crippen LogP contribution < -0.4 is 15.4 Å². The van der Waals surface area contributed by atoms with Crippen molar-refractivity contribution in [1.29, 1.82) is 0 Å². The average Bonchev–Trinajstić information content (AvgIpc) is 2.78. The van der Waals surface area contributed by atoms with Crippen molar-refractivity contribution in [1.82, 2.24) is 0 Å². The molecule has 0 aromatic heterocycles. The summed E-state index contributed by atoms with van der Waals surface area (Å²) in [6.07, 6.45) is -0.133. The van der Waals surface area contributed by atoms with Crippen LogP contribution in [-0.2, 0) is 11.3 Å². The van der Waals surface area contributed by atoms with Crippen LogP contribution in [0.3, 0.4) is 0 Å². The smallest absolute Gasteiger partial charge is 0.305 e. The van der Waals surface area contributed by atoms with Crippen molar-refractivity contribution < 1.29 is 14.6 Å². The van der Waals surface area contributed by atoms with E-state index in [-0.39, 0.29) is 12.1 Å². The molecule has 3 N–H and O–H groups in total. The normalized spacial score (nSPS) is 11.4. The molecule has 7 heteroatoms. The van der Waals surface area contributed by atoms with Gasteiger partial charge in [-0.1, -0.05) is 48.5 Å². The molecule has 0 bridgehead atoms. The van der Waals surface area contributed by atoms with Gasteiger partial charge in [-0.05, 0) is 40.6 Å². The quantitative estimate of drug-likeness (QED) is 0.394. The van der Waals surface area contributed by atoms with E-state index in [1.807, 2.05) is 54.6 Å². The molecule has 0 saturated heterocycles. The minimum Gasteiger partial charge on any atom is -0.497 e. The maximum Gasteiger partial charge on any atom is 0.305 e. The van der Waals surface area contributed by atoms with Gasteiger partial charge >= 0.3 is 5.97 Å². The maximum absolute atomic E-state index is 11.6. The highest BCUT2D eigenvalue weighted by atomic mass is 16.5. The van der Waals surface area contributed by atoms with E-state index < -0.39 is 12.0 Å². The number of carbonyl (C=O) groups is 1. The predicted molar refractivity (Wildman–Crippen MR) is 117 cm³/mol. The summed E-state index contributed by atoms with van der Waals surface area (Å²) >= 11 is 0. The summed E-state index contributed by atoms with van der Waals surface area (Å²) in [4.78, 5) is 23.0.